The van der Waals surface area contributed by atoms with Crippen molar-refractivity contribution in [1.29, 1.82) is 0 Å². The fourth-order valence-electron chi connectivity index (χ4n) is 4.30. The third-order valence-corrected chi connectivity index (χ3v) is 6.26. The van der Waals surface area contributed by atoms with Gasteiger partial charge in [0, 0.05) is 49.4 Å². The second kappa shape index (κ2) is 11.5. The van der Waals surface area contributed by atoms with Crippen LogP contribution in [0.5, 0.6) is 5.75 Å². The van der Waals surface area contributed by atoms with Gasteiger partial charge in [0.1, 0.15) is 5.75 Å². The molecule has 1 aliphatic rings. The molecule has 196 valence electrons. The Morgan fingerprint density at radius 2 is 1.58 bits per heavy atom. The van der Waals surface area contributed by atoms with Crippen molar-refractivity contribution in [1.82, 2.24) is 15.1 Å². The summed E-state index contributed by atoms with van der Waals surface area (Å²) in [4.78, 5) is 53.5. The minimum Gasteiger partial charge on any atom is -0.497 e. The van der Waals surface area contributed by atoms with Crippen LogP contribution < -0.4 is 15.8 Å². The summed E-state index contributed by atoms with van der Waals surface area (Å²) >= 11 is 0. The van der Waals surface area contributed by atoms with Gasteiger partial charge >= 0.3 is 0 Å². The molecule has 1 saturated heterocycles. The molecule has 3 aromatic rings. The quantitative estimate of drug-likeness (QED) is 0.344. The van der Waals surface area contributed by atoms with Gasteiger partial charge in [-0.3, -0.25) is 24.5 Å². The van der Waals surface area contributed by atoms with E-state index in [1.807, 2.05) is 24.3 Å². The number of nitrogens with one attached hydrogen (secondary N) is 1. The lowest BCUT2D eigenvalue weighted by Gasteiger charge is -2.29. The van der Waals surface area contributed by atoms with E-state index < -0.39 is 28.8 Å². The monoisotopic (exact) mass is 517 g/mol. The molecule has 0 aliphatic carbocycles. The maximum atomic E-state index is 13.5. The van der Waals surface area contributed by atoms with Crippen molar-refractivity contribution in [3.05, 3.63) is 105 Å². The summed E-state index contributed by atoms with van der Waals surface area (Å²) in [6.45, 7) is 0.746. The van der Waals surface area contributed by atoms with Crippen LogP contribution in [-0.4, -0.2) is 58.8 Å². The fourth-order valence-corrected chi connectivity index (χ4v) is 4.30. The molecular weight excluding hydrogens is 490 g/mol. The number of hydrogen-bond acceptors (Lipinski definition) is 7. The van der Waals surface area contributed by atoms with E-state index in [1.165, 1.54) is 41.2 Å². The molecular formula is C27H27N5O6. The highest BCUT2D eigenvalue weighted by atomic mass is 16.6. The molecule has 0 bridgehead atoms. The van der Waals surface area contributed by atoms with Gasteiger partial charge in [-0.1, -0.05) is 30.3 Å². The number of hydrogen-bond donors (Lipinski definition) is 2. The van der Waals surface area contributed by atoms with Crippen molar-refractivity contribution in [2.45, 2.75) is 19.3 Å². The Balaban J connectivity index is 1.61. The molecule has 0 aromatic heterocycles. The first-order valence-electron chi connectivity index (χ1n) is 11.9. The van der Waals surface area contributed by atoms with Gasteiger partial charge in [0.2, 0.25) is 0 Å². The van der Waals surface area contributed by atoms with Crippen LogP contribution in [-0.2, 0) is 17.9 Å². The normalized spacial score (nSPS) is 14.7. The topological polar surface area (TPSA) is 148 Å². The highest BCUT2D eigenvalue weighted by molar-refractivity contribution is 6.02. The smallest absolute Gasteiger partial charge is 0.269 e. The Kier molecular flexibility index (Phi) is 7.97. The van der Waals surface area contributed by atoms with Crippen LogP contribution in [0.3, 0.4) is 0 Å². The first-order valence-corrected chi connectivity index (χ1v) is 11.9. The highest BCUT2D eigenvalue weighted by Gasteiger charge is 2.43. The molecule has 1 atom stereocenters. The molecule has 4 rings (SSSR count). The average molecular weight is 518 g/mol. The van der Waals surface area contributed by atoms with Crippen molar-refractivity contribution in [2.24, 2.45) is 5.73 Å². The number of non-ortho nitro benzene ring substituents is 1. The molecule has 11 heteroatoms. The maximum Gasteiger partial charge on any atom is 0.269 e. The molecule has 1 fully saturated rings. The molecule has 0 spiro atoms. The molecule has 3 amide bonds. The SMILES string of the molecule is COc1cccc(C(=O)N2CCN(C(=O)c3ccc([N+](=O)[O-])cc3)C2C(=O)NCc2cccc(CN)c2)c1. The molecule has 0 radical (unpaired) electrons. The van der Waals surface area contributed by atoms with E-state index in [-0.39, 0.29) is 30.9 Å². The van der Waals surface area contributed by atoms with Crippen molar-refractivity contribution in [3.63, 3.8) is 0 Å². The third-order valence-electron chi connectivity index (χ3n) is 6.26. The Labute approximate surface area is 218 Å². The Morgan fingerprint density at radius 3 is 2.21 bits per heavy atom. The van der Waals surface area contributed by atoms with Crippen LogP contribution in [0.4, 0.5) is 5.69 Å². The van der Waals surface area contributed by atoms with Gasteiger partial charge in [-0.25, -0.2) is 0 Å². The molecule has 1 aliphatic heterocycles. The molecule has 0 saturated carbocycles. The predicted octanol–water partition coefficient (Wildman–Crippen LogP) is 2.30. The zero-order valence-electron chi connectivity index (χ0n) is 20.7. The molecule has 3 aromatic carbocycles. The number of methoxy groups -OCH3 is 1. The second-order valence-corrected chi connectivity index (χ2v) is 8.65. The standard InChI is InChI=1S/C27H27N5O6/c1-38-23-7-3-6-21(15-23)27(35)31-13-12-30(26(34)20-8-10-22(11-9-20)32(36)37)25(31)24(33)29-17-19-5-2-4-18(14-19)16-28/h2-11,14-15,25H,12-13,16-17,28H2,1H3,(H,29,33). The van der Waals surface area contributed by atoms with E-state index in [2.05, 4.69) is 5.32 Å². The van der Waals surface area contributed by atoms with E-state index in [0.717, 1.165) is 11.1 Å². The summed E-state index contributed by atoms with van der Waals surface area (Å²) in [5, 5.41) is 13.8. The van der Waals surface area contributed by atoms with Gasteiger partial charge in [0.25, 0.3) is 23.4 Å². The zero-order valence-corrected chi connectivity index (χ0v) is 20.7. The minimum atomic E-state index is -1.23. The van der Waals surface area contributed by atoms with Crippen molar-refractivity contribution in [3.8, 4) is 5.75 Å². The van der Waals surface area contributed by atoms with Crippen LogP contribution in [0.25, 0.3) is 0 Å². The van der Waals surface area contributed by atoms with Gasteiger partial charge in [-0.2, -0.15) is 0 Å². The lowest BCUT2D eigenvalue weighted by atomic mass is 10.1. The number of rotatable bonds is 8. The number of nitro benzene ring substituents is 1. The number of carbonyl (C=O) groups excluding carboxylic acids is 3. The Bertz CT molecular complexity index is 1360. The van der Waals surface area contributed by atoms with Crippen molar-refractivity contribution >= 4 is 23.4 Å². The minimum absolute atomic E-state index is 0.103. The van der Waals surface area contributed by atoms with E-state index >= 15 is 0 Å². The first kappa shape index (κ1) is 26.3. The maximum absolute atomic E-state index is 13.5. The summed E-state index contributed by atoms with van der Waals surface area (Å²) in [5.74, 6) is -1.01. The summed E-state index contributed by atoms with van der Waals surface area (Å²) in [5.41, 5.74) is 7.75. The van der Waals surface area contributed by atoms with Crippen molar-refractivity contribution < 1.29 is 24.0 Å². The van der Waals surface area contributed by atoms with Crippen molar-refractivity contribution in [2.75, 3.05) is 20.2 Å². The fraction of sp³-hybridized carbons (Fsp3) is 0.222. The molecule has 1 heterocycles. The molecule has 3 N–H and O–H groups in total. The van der Waals surface area contributed by atoms with Crippen LogP contribution in [0, 0.1) is 10.1 Å². The summed E-state index contributed by atoms with van der Waals surface area (Å²) < 4.78 is 5.22. The van der Waals surface area contributed by atoms with Crippen LogP contribution in [0.1, 0.15) is 31.8 Å². The van der Waals surface area contributed by atoms with Crippen LogP contribution in [0.2, 0.25) is 0 Å². The highest BCUT2D eigenvalue weighted by Crippen LogP contribution is 2.24. The van der Waals surface area contributed by atoms with E-state index in [9.17, 15) is 24.5 Å². The number of amides is 3. The molecule has 1 unspecified atom stereocenters. The zero-order chi connectivity index (χ0) is 27.2. The molecule has 11 nitrogen and oxygen atoms in total. The number of nitrogens with zero attached hydrogens (tertiary/aromatic N) is 3. The van der Waals surface area contributed by atoms with Gasteiger partial charge in [0.15, 0.2) is 6.17 Å². The second-order valence-electron chi connectivity index (χ2n) is 8.65. The summed E-state index contributed by atoms with van der Waals surface area (Å²) in [6, 6.07) is 19.1. The van der Waals surface area contributed by atoms with E-state index in [1.54, 1.807) is 24.3 Å². The summed E-state index contributed by atoms with van der Waals surface area (Å²) in [6.07, 6.45) is -1.23. The Morgan fingerprint density at radius 1 is 0.947 bits per heavy atom. The lowest BCUT2D eigenvalue weighted by molar-refractivity contribution is -0.384. The van der Waals surface area contributed by atoms with Gasteiger partial charge in [0.05, 0.1) is 12.0 Å². The van der Waals surface area contributed by atoms with Crippen LogP contribution in [0.15, 0.2) is 72.8 Å². The number of carbonyl (C=O) groups is 3. The largest absolute Gasteiger partial charge is 0.497 e. The van der Waals surface area contributed by atoms with Gasteiger partial charge in [-0.05, 0) is 41.5 Å². The lowest BCUT2D eigenvalue weighted by Crippen LogP contribution is -2.53. The number of benzene rings is 3. The first-order chi connectivity index (χ1) is 18.3. The van der Waals surface area contributed by atoms with Gasteiger partial charge < -0.3 is 25.6 Å². The van der Waals surface area contributed by atoms with Gasteiger partial charge in [-0.15, -0.1) is 0 Å². The Hall–Kier alpha value is -4.77. The number of nitrogens with two attached hydrogens (primary N) is 1. The summed E-state index contributed by atoms with van der Waals surface area (Å²) in [7, 11) is 1.49. The van der Waals surface area contributed by atoms with E-state index in [4.69, 9.17) is 10.5 Å². The number of nitro groups is 1. The van der Waals surface area contributed by atoms with Crippen LogP contribution >= 0.6 is 0 Å². The molecule has 38 heavy (non-hydrogen) atoms. The predicted molar refractivity (Wildman–Crippen MR) is 138 cm³/mol. The number of ether oxygens (including phenoxy) is 1. The third kappa shape index (κ3) is 5.62. The van der Waals surface area contributed by atoms with E-state index in [0.29, 0.717) is 17.9 Å². The average Bonchev–Trinajstić information content (AvgIpc) is 3.40.